The molecule has 0 aromatic heterocycles. The van der Waals surface area contributed by atoms with Crippen LogP contribution in [0.4, 0.5) is 0 Å². The zero-order valence-electron chi connectivity index (χ0n) is 15.9. The molecule has 0 saturated carbocycles. The van der Waals surface area contributed by atoms with E-state index in [9.17, 15) is 13.2 Å². The van der Waals surface area contributed by atoms with Gasteiger partial charge in [-0.3, -0.25) is 4.79 Å². The first-order chi connectivity index (χ1) is 12.8. The molecule has 7 heteroatoms. The molecule has 2 aromatic rings. The van der Waals surface area contributed by atoms with Gasteiger partial charge >= 0.3 is 0 Å². The third-order valence-corrected chi connectivity index (χ3v) is 5.42. The molecular weight excluding hydrogens is 364 g/mol. The van der Waals surface area contributed by atoms with Crippen LogP contribution in [0.15, 0.2) is 53.4 Å². The quantitative estimate of drug-likeness (QED) is 0.689. The van der Waals surface area contributed by atoms with E-state index >= 15 is 0 Å². The number of hydrogen-bond acceptors (Lipinski definition) is 4. The van der Waals surface area contributed by atoms with Crippen molar-refractivity contribution in [2.45, 2.75) is 25.2 Å². The van der Waals surface area contributed by atoms with Crippen LogP contribution in [0.25, 0.3) is 0 Å². The minimum atomic E-state index is -3.82. The summed E-state index contributed by atoms with van der Waals surface area (Å²) in [7, 11) is -2.42. The fourth-order valence-electron chi connectivity index (χ4n) is 2.48. The van der Waals surface area contributed by atoms with E-state index in [1.807, 2.05) is 44.2 Å². The number of methoxy groups -OCH3 is 1. The van der Waals surface area contributed by atoms with Gasteiger partial charge in [-0.25, -0.2) is 13.1 Å². The van der Waals surface area contributed by atoms with Crippen LogP contribution in [0.1, 0.15) is 29.8 Å². The second-order valence-corrected chi connectivity index (χ2v) is 8.34. The van der Waals surface area contributed by atoms with E-state index in [-0.39, 0.29) is 28.7 Å². The van der Waals surface area contributed by atoms with E-state index in [1.54, 1.807) is 6.07 Å². The van der Waals surface area contributed by atoms with Crippen LogP contribution in [0.3, 0.4) is 0 Å². The molecule has 0 aliphatic carbocycles. The molecule has 0 saturated heterocycles. The van der Waals surface area contributed by atoms with Gasteiger partial charge in [0.2, 0.25) is 10.0 Å². The Morgan fingerprint density at radius 1 is 1.11 bits per heavy atom. The highest BCUT2D eigenvalue weighted by atomic mass is 32.2. The van der Waals surface area contributed by atoms with Gasteiger partial charge in [0.15, 0.2) is 0 Å². The Kier molecular flexibility index (Phi) is 7.38. The van der Waals surface area contributed by atoms with Gasteiger partial charge < -0.3 is 10.1 Å². The summed E-state index contributed by atoms with van der Waals surface area (Å²) < 4.78 is 33.2. The molecule has 0 unspecified atom stereocenters. The molecule has 0 bridgehead atoms. The largest absolute Gasteiger partial charge is 0.495 e. The van der Waals surface area contributed by atoms with Gasteiger partial charge in [0, 0.05) is 18.7 Å². The van der Waals surface area contributed by atoms with Crippen LogP contribution < -0.4 is 14.8 Å². The molecular formula is C20H26N2O4S. The molecule has 0 aliphatic heterocycles. The van der Waals surface area contributed by atoms with Gasteiger partial charge in [-0.2, -0.15) is 0 Å². The van der Waals surface area contributed by atoms with Crippen molar-refractivity contribution in [2.24, 2.45) is 5.92 Å². The van der Waals surface area contributed by atoms with Gasteiger partial charge in [-0.1, -0.05) is 44.2 Å². The predicted octanol–water partition coefficient (Wildman–Crippen LogP) is 2.60. The van der Waals surface area contributed by atoms with Crippen LogP contribution in [-0.2, 0) is 16.4 Å². The zero-order chi connectivity index (χ0) is 19.9. The second kappa shape index (κ2) is 9.53. The van der Waals surface area contributed by atoms with Crippen LogP contribution in [0.5, 0.6) is 5.75 Å². The molecule has 146 valence electrons. The first kappa shape index (κ1) is 20.9. The van der Waals surface area contributed by atoms with E-state index in [1.165, 1.54) is 19.2 Å². The number of hydrogen-bond donors (Lipinski definition) is 2. The second-order valence-electron chi connectivity index (χ2n) is 6.60. The number of nitrogens with one attached hydrogen (secondary N) is 2. The third kappa shape index (κ3) is 6.08. The summed E-state index contributed by atoms with van der Waals surface area (Å²) in [6.07, 6.45) is 0.566. The summed E-state index contributed by atoms with van der Waals surface area (Å²) in [5.41, 5.74) is 1.31. The van der Waals surface area contributed by atoms with Crippen LogP contribution in [0, 0.1) is 5.92 Å². The van der Waals surface area contributed by atoms with Crippen molar-refractivity contribution in [1.82, 2.24) is 10.0 Å². The highest BCUT2D eigenvalue weighted by Gasteiger charge is 2.21. The SMILES string of the molecule is COc1ccc(C(=O)NCC(C)C)cc1S(=O)(=O)NCCc1ccccc1. The van der Waals surface area contributed by atoms with Gasteiger partial charge in [0.1, 0.15) is 10.6 Å². The Hall–Kier alpha value is -2.38. The normalized spacial score (nSPS) is 11.4. The van der Waals surface area contributed by atoms with Crippen molar-refractivity contribution in [3.05, 3.63) is 59.7 Å². The Labute approximate surface area is 161 Å². The Morgan fingerprint density at radius 2 is 1.81 bits per heavy atom. The first-order valence-electron chi connectivity index (χ1n) is 8.83. The standard InChI is InChI=1S/C20H26N2O4S/c1-15(2)14-21-20(23)17-9-10-18(26-3)19(13-17)27(24,25)22-12-11-16-7-5-4-6-8-16/h4-10,13,15,22H,11-12,14H2,1-3H3,(H,21,23). The number of ether oxygens (including phenoxy) is 1. The first-order valence-corrected chi connectivity index (χ1v) is 10.3. The summed E-state index contributed by atoms with van der Waals surface area (Å²) in [4.78, 5) is 12.2. The summed E-state index contributed by atoms with van der Waals surface area (Å²) in [6, 6.07) is 14.0. The van der Waals surface area contributed by atoms with Crippen LogP contribution in [-0.4, -0.2) is 34.5 Å². The molecule has 2 aromatic carbocycles. The lowest BCUT2D eigenvalue weighted by Crippen LogP contribution is -2.29. The Morgan fingerprint density at radius 3 is 2.44 bits per heavy atom. The van der Waals surface area contributed by atoms with E-state index in [0.29, 0.717) is 18.9 Å². The van der Waals surface area contributed by atoms with E-state index < -0.39 is 10.0 Å². The molecule has 1 amide bonds. The summed E-state index contributed by atoms with van der Waals surface area (Å²) in [6.45, 7) is 4.74. The number of benzene rings is 2. The maximum Gasteiger partial charge on any atom is 0.251 e. The van der Waals surface area contributed by atoms with Gasteiger partial charge in [0.25, 0.3) is 5.91 Å². The summed E-state index contributed by atoms with van der Waals surface area (Å²) >= 11 is 0. The minimum absolute atomic E-state index is 0.0461. The molecule has 0 fully saturated rings. The summed E-state index contributed by atoms with van der Waals surface area (Å²) in [5.74, 6) is 0.185. The lowest BCUT2D eigenvalue weighted by Gasteiger charge is -2.13. The van der Waals surface area contributed by atoms with Crippen LogP contribution >= 0.6 is 0 Å². The Balaban J connectivity index is 2.15. The Bertz CT molecular complexity index is 865. The molecule has 0 radical (unpaired) electrons. The minimum Gasteiger partial charge on any atom is -0.495 e. The fourth-order valence-corrected chi connectivity index (χ4v) is 3.70. The molecule has 0 atom stereocenters. The molecule has 0 spiro atoms. The lowest BCUT2D eigenvalue weighted by atomic mass is 10.2. The topological polar surface area (TPSA) is 84.5 Å². The molecule has 27 heavy (non-hydrogen) atoms. The molecule has 0 aliphatic rings. The van der Waals surface area contributed by atoms with Crippen LogP contribution in [0.2, 0.25) is 0 Å². The van der Waals surface area contributed by atoms with Crippen molar-refractivity contribution in [2.75, 3.05) is 20.2 Å². The van der Waals surface area contributed by atoms with Gasteiger partial charge in [-0.05, 0) is 36.1 Å². The number of rotatable bonds is 9. The van der Waals surface area contributed by atoms with Crippen molar-refractivity contribution in [1.29, 1.82) is 0 Å². The molecule has 0 heterocycles. The third-order valence-electron chi connectivity index (χ3n) is 3.93. The van der Waals surface area contributed by atoms with Crippen molar-refractivity contribution in [3.63, 3.8) is 0 Å². The number of carbonyl (C=O) groups excluding carboxylic acids is 1. The summed E-state index contributed by atoms with van der Waals surface area (Å²) in [5, 5.41) is 2.78. The van der Waals surface area contributed by atoms with E-state index in [0.717, 1.165) is 5.56 Å². The molecule has 2 N–H and O–H groups in total. The molecule has 6 nitrogen and oxygen atoms in total. The number of amides is 1. The highest BCUT2D eigenvalue weighted by molar-refractivity contribution is 7.89. The number of sulfonamides is 1. The number of carbonyl (C=O) groups is 1. The smallest absolute Gasteiger partial charge is 0.251 e. The average Bonchev–Trinajstić information content (AvgIpc) is 2.66. The highest BCUT2D eigenvalue weighted by Crippen LogP contribution is 2.25. The monoisotopic (exact) mass is 390 g/mol. The average molecular weight is 391 g/mol. The van der Waals surface area contributed by atoms with Crippen molar-refractivity contribution >= 4 is 15.9 Å². The lowest BCUT2D eigenvalue weighted by molar-refractivity contribution is 0.0948. The zero-order valence-corrected chi connectivity index (χ0v) is 16.7. The van der Waals surface area contributed by atoms with Crippen molar-refractivity contribution < 1.29 is 17.9 Å². The fraction of sp³-hybridized carbons (Fsp3) is 0.350. The van der Waals surface area contributed by atoms with Crippen molar-refractivity contribution in [3.8, 4) is 5.75 Å². The maximum absolute atomic E-state index is 12.7. The maximum atomic E-state index is 12.7. The molecule has 2 rings (SSSR count). The predicted molar refractivity (Wildman–Crippen MR) is 105 cm³/mol. The van der Waals surface area contributed by atoms with E-state index in [2.05, 4.69) is 10.0 Å². The van der Waals surface area contributed by atoms with Gasteiger partial charge in [-0.15, -0.1) is 0 Å². The van der Waals surface area contributed by atoms with Gasteiger partial charge in [0.05, 0.1) is 7.11 Å². The van der Waals surface area contributed by atoms with E-state index in [4.69, 9.17) is 4.74 Å².